The van der Waals surface area contributed by atoms with E-state index in [0.717, 1.165) is 16.0 Å². The molecule has 0 saturated carbocycles. The Labute approximate surface area is 133 Å². The molecule has 0 spiro atoms. The SMILES string of the molecule is CC(O)C(NSc1ccc(-c2ccccc2)cc1)C(=O)NO. The lowest BCUT2D eigenvalue weighted by molar-refractivity contribution is -0.133. The Kier molecular flexibility index (Phi) is 5.97. The molecule has 22 heavy (non-hydrogen) atoms. The van der Waals surface area contributed by atoms with Crippen molar-refractivity contribution in [2.24, 2.45) is 0 Å². The second kappa shape index (κ2) is 7.95. The summed E-state index contributed by atoms with van der Waals surface area (Å²) in [5.74, 6) is -0.677. The van der Waals surface area contributed by atoms with E-state index in [1.807, 2.05) is 54.6 Å². The van der Waals surface area contributed by atoms with Crippen LogP contribution in [0.3, 0.4) is 0 Å². The van der Waals surface area contributed by atoms with Gasteiger partial charge in [-0.3, -0.25) is 10.0 Å². The highest BCUT2D eigenvalue weighted by Gasteiger charge is 2.23. The van der Waals surface area contributed by atoms with Crippen LogP contribution >= 0.6 is 11.9 Å². The second-order valence-corrected chi connectivity index (χ2v) is 5.72. The Hall–Kier alpha value is -1.86. The van der Waals surface area contributed by atoms with Crippen molar-refractivity contribution in [1.82, 2.24) is 10.2 Å². The van der Waals surface area contributed by atoms with Gasteiger partial charge in [-0.05, 0) is 42.1 Å². The van der Waals surface area contributed by atoms with Crippen LogP contribution in [0.1, 0.15) is 6.92 Å². The normalized spacial score (nSPS) is 13.4. The summed E-state index contributed by atoms with van der Waals surface area (Å²) < 4.78 is 2.84. The molecule has 5 nitrogen and oxygen atoms in total. The minimum atomic E-state index is -0.928. The number of rotatable bonds is 6. The van der Waals surface area contributed by atoms with Crippen LogP contribution in [-0.2, 0) is 4.79 Å². The van der Waals surface area contributed by atoms with Crippen LogP contribution in [0.5, 0.6) is 0 Å². The predicted molar refractivity (Wildman–Crippen MR) is 86.3 cm³/mol. The molecule has 2 aromatic rings. The van der Waals surface area contributed by atoms with Crippen LogP contribution in [0.25, 0.3) is 11.1 Å². The minimum Gasteiger partial charge on any atom is -0.391 e. The van der Waals surface area contributed by atoms with E-state index in [2.05, 4.69) is 4.72 Å². The zero-order valence-electron chi connectivity index (χ0n) is 12.1. The molecule has 0 aliphatic rings. The molecule has 0 bridgehead atoms. The average Bonchev–Trinajstić information content (AvgIpc) is 2.56. The van der Waals surface area contributed by atoms with E-state index in [4.69, 9.17) is 5.21 Å². The highest BCUT2D eigenvalue weighted by atomic mass is 32.2. The van der Waals surface area contributed by atoms with Gasteiger partial charge in [-0.1, -0.05) is 42.5 Å². The van der Waals surface area contributed by atoms with Gasteiger partial charge in [0.2, 0.25) is 0 Å². The smallest absolute Gasteiger partial charge is 0.263 e. The Morgan fingerprint density at radius 2 is 1.64 bits per heavy atom. The van der Waals surface area contributed by atoms with E-state index in [0.29, 0.717) is 0 Å². The van der Waals surface area contributed by atoms with Crippen molar-refractivity contribution in [2.75, 3.05) is 0 Å². The highest BCUT2D eigenvalue weighted by Crippen LogP contribution is 2.23. The van der Waals surface area contributed by atoms with Gasteiger partial charge in [0.25, 0.3) is 5.91 Å². The molecule has 2 aromatic carbocycles. The zero-order chi connectivity index (χ0) is 15.9. The van der Waals surface area contributed by atoms with Gasteiger partial charge in [-0.15, -0.1) is 0 Å². The second-order valence-electron chi connectivity index (χ2n) is 4.80. The van der Waals surface area contributed by atoms with Gasteiger partial charge in [0.1, 0.15) is 6.04 Å². The molecule has 1 amide bonds. The first-order valence-corrected chi connectivity index (χ1v) is 7.63. The summed E-state index contributed by atoms with van der Waals surface area (Å²) in [5.41, 5.74) is 3.77. The standard InChI is InChI=1S/C16H18N2O3S/c1-11(19)15(16(20)17-21)18-22-14-9-7-13(8-10-14)12-5-3-2-4-6-12/h2-11,15,18-19,21H,1H3,(H,17,20). The molecule has 2 atom stereocenters. The number of amides is 1. The molecule has 2 rings (SSSR count). The van der Waals surface area contributed by atoms with E-state index < -0.39 is 18.1 Å². The molecule has 0 aliphatic heterocycles. The third-order valence-electron chi connectivity index (χ3n) is 3.14. The van der Waals surface area contributed by atoms with Crippen LogP contribution in [0.4, 0.5) is 0 Å². The van der Waals surface area contributed by atoms with Gasteiger partial charge in [0.05, 0.1) is 6.10 Å². The van der Waals surface area contributed by atoms with E-state index in [1.54, 1.807) is 0 Å². The highest BCUT2D eigenvalue weighted by molar-refractivity contribution is 7.97. The number of carbonyl (C=O) groups is 1. The summed E-state index contributed by atoms with van der Waals surface area (Å²) in [4.78, 5) is 12.3. The van der Waals surface area contributed by atoms with E-state index in [1.165, 1.54) is 24.4 Å². The molecule has 2 unspecified atom stereocenters. The summed E-state index contributed by atoms with van der Waals surface area (Å²) in [6.07, 6.45) is -0.928. The van der Waals surface area contributed by atoms with Gasteiger partial charge in [0.15, 0.2) is 0 Å². The van der Waals surface area contributed by atoms with E-state index >= 15 is 0 Å². The number of carbonyl (C=O) groups excluding carboxylic acids is 1. The van der Waals surface area contributed by atoms with Crippen molar-refractivity contribution >= 4 is 17.9 Å². The first kappa shape index (κ1) is 16.5. The number of benzene rings is 2. The van der Waals surface area contributed by atoms with Crippen molar-refractivity contribution in [3.8, 4) is 11.1 Å². The van der Waals surface area contributed by atoms with Gasteiger partial charge < -0.3 is 5.11 Å². The first-order chi connectivity index (χ1) is 10.6. The summed E-state index contributed by atoms with van der Waals surface area (Å²) in [6, 6.07) is 17.0. The number of nitrogens with one attached hydrogen (secondary N) is 2. The zero-order valence-corrected chi connectivity index (χ0v) is 12.9. The van der Waals surface area contributed by atoms with Crippen LogP contribution in [0.15, 0.2) is 59.5 Å². The number of aliphatic hydroxyl groups is 1. The lowest BCUT2D eigenvalue weighted by Crippen LogP contribution is -2.47. The molecule has 0 heterocycles. The van der Waals surface area contributed by atoms with Gasteiger partial charge >= 0.3 is 0 Å². The minimum absolute atomic E-state index is 0.677. The largest absolute Gasteiger partial charge is 0.391 e. The van der Waals surface area contributed by atoms with Crippen molar-refractivity contribution < 1.29 is 15.1 Å². The lowest BCUT2D eigenvalue weighted by atomic mass is 10.1. The summed E-state index contributed by atoms with van der Waals surface area (Å²) in [6.45, 7) is 1.48. The molecule has 0 saturated heterocycles. The van der Waals surface area contributed by atoms with Gasteiger partial charge in [0, 0.05) is 4.90 Å². The molecular formula is C16H18N2O3S. The molecule has 0 radical (unpaired) electrons. The maximum atomic E-state index is 11.4. The van der Waals surface area contributed by atoms with Crippen LogP contribution < -0.4 is 10.2 Å². The molecule has 0 aliphatic carbocycles. The number of hydrogen-bond donors (Lipinski definition) is 4. The Morgan fingerprint density at radius 1 is 1.05 bits per heavy atom. The maximum Gasteiger partial charge on any atom is 0.263 e. The van der Waals surface area contributed by atoms with Crippen molar-refractivity contribution in [1.29, 1.82) is 0 Å². The summed E-state index contributed by atoms with van der Waals surface area (Å²) in [7, 11) is 0. The predicted octanol–water partition coefficient (Wildman–Crippen LogP) is 2.21. The van der Waals surface area contributed by atoms with Crippen molar-refractivity contribution in [3.05, 3.63) is 54.6 Å². The third kappa shape index (κ3) is 4.32. The maximum absolute atomic E-state index is 11.4. The molecule has 0 aromatic heterocycles. The molecule has 0 fully saturated rings. The summed E-state index contributed by atoms with van der Waals surface area (Å²) >= 11 is 1.22. The van der Waals surface area contributed by atoms with E-state index in [-0.39, 0.29) is 0 Å². The Balaban J connectivity index is 2.01. The third-order valence-corrected chi connectivity index (χ3v) is 4.02. The fourth-order valence-corrected chi connectivity index (χ4v) is 2.76. The molecular weight excluding hydrogens is 300 g/mol. The van der Waals surface area contributed by atoms with Crippen LogP contribution in [0.2, 0.25) is 0 Å². The molecule has 6 heteroatoms. The van der Waals surface area contributed by atoms with Crippen LogP contribution in [0, 0.1) is 0 Å². The van der Waals surface area contributed by atoms with Gasteiger partial charge in [-0.25, -0.2) is 10.2 Å². The van der Waals surface area contributed by atoms with Gasteiger partial charge in [-0.2, -0.15) is 0 Å². The molecule has 4 N–H and O–H groups in total. The topological polar surface area (TPSA) is 81.6 Å². The Morgan fingerprint density at radius 3 is 2.18 bits per heavy atom. The summed E-state index contributed by atoms with van der Waals surface area (Å²) in [5, 5.41) is 18.2. The average molecular weight is 318 g/mol. The fourth-order valence-electron chi connectivity index (χ4n) is 1.92. The quantitative estimate of drug-likeness (QED) is 0.373. The number of hydroxylamine groups is 1. The fraction of sp³-hybridized carbons (Fsp3) is 0.188. The first-order valence-electron chi connectivity index (χ1n) is 6.81. The molecule has 116 valence electrons. The van der Waals surface area contributed by atoms with Crippen molar-refractivity contribution in [2.45, 2.75) is 24.0 Å². The number of hydrogen-bond acceptors (Lipinski definition) is 5. The number of aliphatic hydroxyl groups excluding tert-OH is 1. The van der Waals surface area contributed by atoms with Crippen molar-refractivity contribution in [3.63, 3.8) is 0 Å². The lowest BCUT2D eigenvalue weighted by Gasteiger charge is -2.18. The van der Waals surface area contributed by atoms with Crippen LogP contribution in [-0.4, -0.2) is 28.4 Å². The monoisotopic (exact) mass is 318 g/mol. The van der Waals surface area contributed by atoms with E-state index in [9.17, 15) is 9.90 Å². The Bertz CT molecular complexity index is 603.